The molecule has 19 heavy (non-hydrogen) atoms. The minimum atomic E-state index is -4.54. The van der Waals surface area contributed by atoms with Crippen molar-refractivity contribution >= 4 is 21.2 Å². The normalized spacial score (nSPS) is 10.4. The zero-order valence-corrected chi connectivity index (χ0v) is 13.6. The second kappa shape index (κ2) is 11.9. The number of carboxylic acids is 1. The van der Waals surface area contributed by atoms with Gasteiger partial charge in [0, 0.05) is 16.8 Å². The van der Waals surface area contributed by atoms with Crippen molar-refractivity contribution in [3.63, 3.8) is 0 Å². The third-order valence-electron chi connectivity index (χ3n) is 1.13. The first-order chi connectivity index (χ1) is 6.49. The van der Waals surface area contributed by atoms with Crippen molar-refractivity contribution in [3.8, 4) is 0 Å². The molecule has 0 saturated heterocycles. The van der Waals surface area contributed by atoms with Gasteiger partial charge in [0.05, 0.1) is 6.54 Å². The van der Waals surface area contributed by atoms with Gasteiger partial charge < -0.3 is 43.1 Å². The number of hydrogen-bond acceptors (Lipinski definition) is 4. The summed E-state index contributed by atoms with van der Waals surface area (Å²) in [5.74, 6) is -1.43. The van der Waals surface area contributed by atoms with Gasteiger partial charge in [0.25, 0.3) is 0 Å². The topological polar surface area (TPSA) is 265 Å². The van der Waals surface area contributed by atoms with Crippen molar-refractivity contribution < 1.29 is 55.4 Å². The van der Waals surface area contributed by atoms with E-state index in [9.17, 15) is 13.9 Å². The van der Waals surface area contributed by atoms with E-state index in [4.69, 9.17) is 24.7 Å². The molecule has 0 atom stereocenters. The Hall–Kier alpha value is 0.116. The van der Waals surface area contributed by atoms with Crippen LogP contribution in [0.5, 0.6) is 0 Å². The summed E-state index contributed by atoms with van der Waals surface area (Å²) in [6.45, 7) is -0.851. The molecule has 0 aliphatic carbocycles. The first kappa shape index (κ1) is 31.5. The second-order valence-electron chi connectivity index (χ2n) is 2.83. The van der Waals surface area contributed by atoms with Crippen LogP contribution in [0.3, 0.4) is 0 Å². The molecule has 17 N–H and O–H groups in total. The third kappa shape index (κ3) is 23.6. The molecule has 12 nitrogen and oxygen atoms in total. The summed E-state index contributed by atoms with van der Waals surface area (Å²) in [5, 5.41) is 8.33. The van der Waals surface area contributed by atoms with Crippen molar-refractivity contribution in [1.29, 1.82) is 0 Å². The summed E-state index contributed by atoms with van der Waals surface area (Å²) < 4.78 is 21.0. The Morgan fingerprint density at radius 3 is 1.32 bits per heavy atom. The van der Waals surface area contributed by atoms with E-state index in [1.54, 1.807) is 0 Å². The molecule has 0 spiro atoms. The molecule has 0 aliphatic heterocycles. The number of carbonyl (C=O) groups is 1. The van der Waals surface area contributed by atoms with E-state index in [-0.39, 0.29) is 35.2 Å². The fourth-order valence-corrected chi connectivity index (χ4v) is 2.46. The van der Waals surface area contributed by atoms with Gasteiger partial charge in [-0.05, 0) is 0 Å². The van der Waals surface area contributed by atoms with Crippen LogP contribution in [-0.2, 0) is 30.7 Å². The van der Waals surface area contributed by atoms with Crippen LogP contribution < -0.4 is 18.5 Å². The van der Waals surface area contributed by atoms with Gasteiger partial charge in [0.2, 0.25) is 0 Å². The molecule has 0 saturated carbocycles. The molecule has 0 aromatic heterocycles. The van der Waals surface area contributed by atoms with Gasteiger partial charge in [-0.3, -0.25) is 18.8 Å². The van der Waals surface area contributed by atoms with Crippen LogP contribution >= 0.6 is 15.2 Å². The maximum absolute atomic E-state index is 10.5. The van der Waals surface area contributed by atoms with Crippen molar-refractivity contribution in [2.24, 2.45) is 0 Å². The van der Waals surface area contributed by atoms with E-state index in [1.165, 1.54) is 0 Å². The Morgan fingerprint density at radius 1 is 0.895 bits per heavy atom. The van der Waals surface area contributed by atoms with Gasteiger partial charge in [0.15, 0.2) is 0 Å². The van der Waals surface area contributed by atoms with Gasteiger partial charge in [-0.1, -0.05) is 0 Å². The Balaban J connectivity index is -0.000000163. The summed E-state index contributed by atoms with van der Waals surface area (Å²) >= 11 is 0. The van der Waals surface area contributed by atoms with E-state index >= 15 is 0 Å². The molecule has 0 aromatic rings. The number of aliphatic carboxylic acids is 1. The van der Waals surface area contributed by atoms with E-state index in [0.717, 1.165) is 0 Å². The van der Waals surface area contributed by atoms with E-state index in [1.807, 2.05) is 0 Å². The largest absolute Gasteiger partial charge is 0.480 e. The molecule has 0 unspecified atom stereocenters. The van der Waals surface area contributed by atoms with Crippen LogP contribution in [0.15, 0.2) is 0 Å². The van der Waals surface area contributed by atoms with Crippen LogP contribution in [-0.4, -0.2) is 54.7 Å². The molecule has 0 bridgehead atoms. The summed E-state index contributed by atoms with van der Waals surface area (Å²) in [7, 11) is -9.09. The van der Waals surface area contributed by atoms with E-state index in [2.05, 4.69) is 0 Å². The Bertz CT molecular complexity index is 307. The van der Waals surface area contributed by atoms with Gasteiger partial charge in [0.1, 0.15) is 12.6 Å². The molecule has 0 amide bonds. The van der Waals surface area contributed by atoms with Crippen LogP contribution in [0.4, 0.5) is 0 Å². The molecule has 1 radical (unpaired) electrons. The van der Waals surface area contributed by atoms with Crippen LogP contribution in [0.25, 0.3) is 0 Å². The van der Waals surface area contributed by atoms with Crippen molar-refractivity contribution in [2.45, 2.75) is 0 Å². The van der Waals surface area contributed by atoms with Gasteiger partial charge in [-0.25, -0.2) is 0 Å². The maximum Gasteiger partial charge on any atom is 0.339 e. The Morgan fingerprint density at radius 2 is 1.16 bits per heavy atom. The smallest absolute Gasteiger partial charge is 0.339 e. The number of carboxylic acid groups (broad SMARTS) is 1. The van der Waals surface area contributed by atoms with Crippen molar-refractivity contribution in [1.82, 2.24) is 23.4 Å². The Labute approximate surface area is 119 Å². The number of rotatable bonds is 6. The minimum Gasteiger partial charge on any atom is -0.480 e. The van der Waals surface area contributed by atoms with Crippen molar-refractivity contribution in [2.75, 3.05) is 19.1 Å². The monoisotopic (exact) mass is 376 g/mol. The first-order valence-electron chi connectivity index (χ1n) is 3.53. The molecule has 0 fully saturated rings. The number of quaternary nitrogens is 3. The zero-order valence-electron chi connectivity index (χ0n) is 10.8. The molecule has 0 rings (SSSR count). The van der Waals surface area contributed by atoms with E-state index < -0.39 is 40.3 Å². The fraction of sp³-hybridized carbons (Fsp3) is 0.750. The average Bonchev–Trinajstić information content (AvgIpc) is 1.73. The van der Waals surface area contributed by atoms with Gasteiger partial charge >= 0.3 is 21.2 Å². The standard InChI is InChI=1S/C4H11NO8P2.Co.3H3N/c6-4(7)1-5(2-14(8,9)10)3-15(11,12)13;;;;/h1-3H2,(H,6,7)(H2,8,9,10)(H2,11,12,13);;3*1H3/p+3. The zero-order chi connectivity index (χ0) is 12.3. The minimum absolute atomic E-state index is 0. The van der Waals surface area contributed by atoms with Crippen LogP contribution in [0.1, 0.15) is 0 Å². The van der Waals surface area contributed by atoms with Crippen molar-refractivity contribution in [3.05, 3.63) is 0 Å². The van der Waals surface area contributed by atoms with Gasteiger partial charge in [-0.15, -0.1) is 0 Å². The molecule has 0 aliphatic rings. The molecule has 0 aromatic carbocycles. The van der Waals surface area contributed by atoms with Crippen LogP contribution in [0.2, 0.25) is 0 Å². The molecular weight excluding hydrogens is 353 g/mol. The fourth-order valence-electron chi connectivity index (χ4n) is 0.857. The predicted molar refractivity (Wildman–Crippen MR) is 66.1 cm³/mol. The second-order valence-corrected chi connectivity index (χ2v) is 6.06. The number of hydrogen-bond donors (Lipinski definition) is 8. The third-order valence-corrected chi connectivity index (χ3v) is 2.66. The quantitative estimate of drug-likeness (QED) is 0.284. The Kier molecular flexibility index (Phi) is 19.7. The first-order valence-corrected chi connectivity index (χ1v) is 7.12. The van der Waals surface area contributed by atoms with E-state index in [0.29, 0.717) is 4.90 Å². The maximum atomic E-state index is 10.5. The molecular formula is C4H23CoN4O8P2+3. The molecule has 123 valence electrons. The van der Waals surface area contributed by atoms with Crippen LogP contribution in [0, 0.1) is 0 Å². The SMILES string of the molecule is O=C(O)CN(CP(=O)(O)O)CP(=O)(O)O.[Co].[NH4+].[NH4+].[NH4+]. The summed E-state index contributed by atoms with van der Waals surface area (Å²) in [5.41, 5.74) is 0. The summed E-state index contributed by atoms with van der Waals surface area (Å²) in [4.78, 5) is 44.8. The number of nitrogens with zero attached hydrogens (tertiary/aromatic N) is 1. The summed E-state index contributed by atoms with van der Waals surface area (Å²) in [6.07, 6.45) is -2.02. The predicted octanol–water partition coefficient (Wildman–Crippen LogP) is -0.230. The summed E-state index contributed by atoms with van der Waals surface area (Å²) in [6, 6.07) is 0. The van der Waals surface area contributed by atoms with Gasteiger partial charge in [-0.2, -0.15) is 0 Å². The average molecular weight is 376 g/mol. The molecule has 15 heteroatoms. The molecule has 0 heterocycles.